The Morgan fingerprint density at radius 1 is 0.720 bits per heavy atom. The molecule has 0 saturated carbocycles. The SMILES string of the molecule is CCCCCCCOc1ccc(CCN)cc1OCCCCCCC. The predicted molar refractivity (Wildman–Crippen MR) is 108 cm³/mol. The fraction of sp³-hybridized carbons (Fsp3) is 0.727. The van der Waals surface area contributed by atoms with Crippen LogP contribution in [0.5, 0.6) is 11.5 Å². The lowest BCUT2D eigenvalue weighted by Crippen LogP contribution is -2.06. The van der Waals surface area contributed by atoms with Crippen molar-refractivity contribution in [2.45, 2.75) is 84.5 Å². The number of nitrogens with two attached hydrogens (primary N) is 1. The van der Waals surface area contributed by atoms with Gasteiger partial charge >= 0.3 is 0 Å². The van der Waals surface area contributed by atoms with Crippen LogP contribution < -0.4 is 15.2 Å². The molecule has 0 aromatic heterocycles. The molecule has 0 aliphatic heterocycles. The van der Waals surface area contributed by atoms with E-state index >= 15 is 0 Å². The molecule has 0 amide bonds. The van der Waals surface area contributed by atoms with E-state index in [0.717, 1.165) is 44.0 Å². The molecule has 1 rings (SSSR count). The minimum Gasteiger partial charge on any atom is -0.490 e. The first kappa shape index (κ1) is 21.8. The highest BCUT2D eigenvalue weighted by molar-refractivity contribution is 5.43. The van der Waals surface area contributed by atoms with Gasteiger partial charge in [0.05, 0.1) is 13.2 Å². The zero-order chi connectivity index (χ0) is 18.2. The molecule has 144 valence electrons. The Kier molecular flexibility index (Phi) is 13.2. The number of hydrogen-bond donors (Lipinski definition) is 1. The molecule has 1 aromatic rings. The molecule has 0 aliphatic carbocycles. The Morgan fingerprint density at radius 3 is 1.84 bits per heavy atom. The summed E-state index contributed by atoms with van der Waals surface area (Å²) in [5.41, 5.74) is 6.90. The first-order valence-corrected chi connectivity index (χ1v) is 10.4. The predicted octanol–water partition coefficient (Wildman–Crippen LogP) is 5.89. The third-order valence-electron chi connectivity index (χ3n) is 4.45. The average Bonchev–Trinajstić information content (AvgIpc) is 2.62. The van der Waals surface area contributed by atoms with E-state index < -0.39 is 0 Å². The van der Waals surface area contributed by atoms with E-state index in [4.69, 9.17) is 15.2 Å². The van der Waals surface area contributed by atoms with Crippen LogP contribution in [0.2, 0.25) is 0 Å². The molecule has 2 N–H and O–H groups in total. The van der Waals surface area contributed by atoms with Gasteiger partial charge in [0.25, 0.3) is 0 Å². The molecule has 25 heavy (non-hydrogen) atoms. The van der Waals surface area contributed by atoms with Gasteiger partial charge in [0.15, 0.2) is 11.5 Å². The summed E-state index contributed by atoms with van der Waals surface area (Å²) >= 11 is 0. The Bertz CT molecular complexity index is 434. The lowest BCUT2D eigenvalue weighted by atomic mass is 10.1. The van der Waals surface area contributed by atoms with Gasteiger partial charge in [-0.25, -0.2) is 0 Å². The van der Waals surface area contributed by atoms with Gasteiger partial charge in [-0.3, -0.25) is 0 Å². The molecule has 0 spiro atoms. The van der Waals surface area contributed by atoms with Gasteiger partial charge in [-0.1, -0.05) is 71.3 Å². The molecule has 0 fully saturated rings. The van der Waals surface area contributed by atoms with Gasteiger partial charge in [0.2, 0.25) is 0 Å². The Morgan fingerprint density at radius 2 is 1.28 bits per heavy atom. The van der Waals surface area contributed by atoms with E-state index in [1.807, 2.05) is 6.07 Å². The largest absolute Gasteiger partial charge is 0.490 e. The molecule has 0 aliphatic rings. The summed E-state index contributed by atoms with van der Waals surface area (Å²) in [4.78, 5) is 0. The lowest BCUT2D eigenvalue weighted by Gasteiger charge is -2.14. The second kappa shape index (κ2) is 15.1. The highest BCUT2D eigenvalue weighted by Crippen LogP contribution is 2.29. The van der Waals surface area contributed by atoms with Crippen molar-refractivity contribution < 1.29 is 9.47 Å². The average molecular weight is 350 g/mol. The summed E-state index contributed by atoms with van der Waals surface area (Å²) in [6, 6.07) is 6.25. The van der Waals surface area contributed by atoms with Gasteiger partial charge in [-0.2, -0.15) is 0 Å². The fourth-order valence-corrected chi connectivity index (χ4v) is 2.88. The van der Waals surface area contributed by atoms with Crippen molar-refractivity contribution in [3.63, 3.8) is 0 Å². The van der Waals surface area contributed by atoms with Crippen molar-refractivity contribution in [2.24, 2.45) is 5.73 Å². The van der Waals surface area contributed by atoms with Gasteiger partial charge < -0.3 is 15.2 Å². The number of unbranched alkanes of at least 4 members (excludes halogenated alkanes) is 8. The monoisotopic (exact) mass is 349 g/mol. The normalized spacial score (nSPS) is 10.8. The summed E-state index contributed by atoms with van der Waals surface area (Å²) in [7, 11) is 0. The minimum absolute atomic E-state index is 0.661. The van der Waals surface area contributed by atoms with Crippen LogP contribution in [-0.2, 0) is 6.42 Å². The van der Waals surface area contributed by atoms with Crippen LogP contribution in [0.4, 0.5) is 0 Å². The fourth-order valence-electron chi connectivity index (χ4n) is 2.88. The molecule has 0 unspecified atom stereocenters. The molecule has 0 radical (unpaired) electrons. The summed E-state index contributed by atoms with van der Waals surface area (Å²) in [5.74, 6) is 1.76. The van der Waals surface area contributed by atoms with Crippen molar-refractivity contribution in [1.82, 2.24) is 0 Å². The number of hydrogen-bond acceptors (Lipinski definition) is 3. The van der Waals surface area contributed by atoms with Crippen molar-refractivity contribution in [1.29, 1.82) is 0 Å². The van der Waals surface area contributed by atoms with Crippen LogP contribution in [0.25, 0.3) is 0 Å². The third-order valence-corrected chi connectivity index (χ3v) is 4.45. The summed E-state index contributed by atoms with van der Waals surface area (Å²) in [5, 5.41) is 0. The molecule has 1 aromatic carbocycles. The van der Waals surface area contributed by atoms with E-state index in [-0.39, 0.29) is 0 Å². The maximum atomic E-state index is 6.03. The maximum Gasteiger partial charge on any atom is 0.161 e. The van der Waals surface area contributed by atoms with E-state index in [9.17, 15) is 0 Å². The van der Waals surface area contributed by atoms with Crippen molar-refractivity contribution in [2.75, 3.05) is 19.8 Å². The highest BCUT2D eigenvalue weighted by Gasteiger charge is 2.07. The van der Waals surface area contributed by atoms with Crippen LogP contribution in [0.15, 0.2) is 18.2 Å². The Hall–Kier alpha value is -1.22. The topological polar surface area (TPSA) is 44.5 Å². The van der Waals surface area contributed by atoms with Crippen LogP contribution in [0, 0.1) is 0 Å². The van der Waals surface area contributed by atoms with E-state index in [0.29, 0.717) is 6.54 Å². The molecular weight excluding hydrogens is 310 g/mol. The van der Waals surface area contributed by atoms with E-state index in [1.165, 1.54) is 56.9 Å². The van der Waals surface area contributed by atoms with Crippen LogP contribution in [-0.4, -0.2) is 19.8 Å². The second-order valence-corrected chi connectivity index (χ2v) is 6.85. The highest BCUT2D eigenvalue weighted by atomic mass is 16.5. The maximum absolute atomic E-state index is 6.03. The molecule has 0 saturated heterocycles. The van der Waals surface area contributed by atoms with E-state index in [1.54, 1.807) is 0 Å². The number of rotatable bonds is 16. The van der Waals surface area contributed by atoms with Crippen molar-refractivity contribution in [3.05, 3.63) is 23.8 Å². The summed E-state index contributed by atoms with van der Waals surface area (Å²) in [6.07, 6.45) is 13.4. The van der Waals surface area contributed by atoms with Crippen LogP contribution in [0.1, 0.15) is 83.6 Å². The molecule has 0 bridgehead atoms. The Balaban J connectivity index is 2.44. The molecular formula is C22H39NO2. The summed E-state index contributed by atoms with van der Waals surface area (Å²) < 4.78 is 12.0. The standard InChI is InChI=1S/C22H39NO2/c1-3-5-7-9-11-17-24-21-14-13-20(15-16-23)19-22(21)25-18-12-10-8-6-4-2/h13-14,19H,3-12,15-18,23H2,1-2H3. The molecule has 0 atom stereocenters. The second-order valence-electron chi connectivity index (χ2n) is 6.85. The minimum atomic E-state index is 0.661. The zero-order valence-electron chi connectivity index (χ0n) is 16.5. The van der Waals surface area contributed by atoms with Crippen LogP contribution in [0.3, 0.4) is 0 Å². The third kappa shape index (κ3) is 10.4. The zero-order valence-corrected chi connectivity index (χ0v) is 16.5. The molecule has 3 nitrogen and oxygen atoms in total. The van der Waals surface area contributed by atoms with Gasteiger partial charge in [0.1, 0.15) is 0 Å². The van der Waals surface area contributed by atoms with Crippen LogP contribution >= 0.6 is 0 Å². The van der Waals surface area contributed by atoms with Gasteiger partial charge in [0, 0.05) is 0 Å². The Labute approximate surface area is 155 Å². The summed E-state index contributed by atoms with van der Waals surface area (Å²) in [6.45, 7) is 6.68. The first-order valence-electron chi connectivity index (χ1n) is 10.4. The quantitative estimate of drug-likeness (QED) is 0.379. The molecule has 0 heterocycles. The van der Waals surface area contributed by atoms with E-state index in [2.05, 4.69) is 26.0 Å². The van der Waals surface area contributed by atoms with Crippen molar-refractivity contribution >= 4 is 0 Å². The lowest BCUT2D eigenvalue weighted by molar-refractivity contribution is 0.258. The first-order chi connectivity index (χ1) is 12.3. The molecule has 3 heteroatoms. The van der Waals surface area contributed by atoms with Gasteiger partial charge in [-0.15, -0.1) is 0 Å². The van der Waals surface area contributed by atoms with Crippen molar-refractivity contribution in [3.8, 4) is 11.5 Å². The smallest absolute Gasteiger partial charge is 0.161 e. The number of benzene rings is 1. The van der Waals surface area contributed by atoms with Gasteiger partial charge in [-0.05, 0) is 43.5 Å². The number of ether oxygens (including phenoxy) is 2.